The third-order valence-corrected chi connectivity index (χ3v) is 4.08. The molecule has 0 aliphatic carbocycles. The smallest absolute Gasteiger partial charge is 0.144 e. The molecule has 0 spiro atoms. The van der Waals surface area contributed by atoms with E-state index in [9.17, 15) is 0 Å². The fourth-order valence-corrected chi connectivity index (χ4v) is 2.85. The van der Waals surface area contributed by atoms with Gasteiger partial charge in [0.05, 0.1) is 12.8 Å². The number of hydrogen-bond acceptors (Lipinski definition) is 5. The minimum absolute atomic E-state index is 0.723. The Kier molecular flexibility index (Phi) is 3.96. The molecule has 0 unspecified atom stereocenters. The molecule has 5 heteroatoms. The van der Waals surface area contributed by atoms with Gasteiger partial charge in [0.25, 0.3) is 0 Å². The Morgan fingerprint density at radius 1 is 0.818 bits per heavy atom. The summed E-state index contributed by atoms with van der Waals surface area (Å²) < 4.78 is 5.45. The topological polar surface area (TPSA) is 67.8 Å². The van der Waals surface area contributed by atoms with Crippen molar-refractivity contribution in [1.82, 2.24) is 0 Å². The van der Waals surface area contributed by atoms with Gasteiger partial charge in [0.1, 0.15) is 5.75 Å². The lowest BCUT2D eigenvalue weighted by Crippen LogP contribution is -2.46. The molecule has 3 rings (SSSR count). The zero-order valence-electron chi connectivity index (χ0n) is 12.8. The summed E-state index contributed by atoms with van der Waals surface area (Å²) in [5, 5.41) is 0. The lowest BCUT2D eigenvalue weighted by Gasteiger charge is -2.37. The van der Waals surface area contributed by atoms with Crippen LogP contribution in [0.1, 0.15) is 0 Å². The monoisotopic (exact) mass is 298 g/mol. The molecule has 5 nitrogen and oxygen atoms in total. The first kappa shape index (κ1) is 14.4. The van der Waals surface area contributed by atoms with Gasteiger partial charge in [0.2, 0.25) is 0 Å². The molecule has 1 aliphatic heterocycles. The summed E-state index contributed by atoms with van der Waals surface area (Å²) in [7, 11) is 1.68. The van der Waals surface area contributed by atoms with E-state index in [4.69, 9.17) is 16.2 Å². The van der Waals surface area contributed by atoms with Crippen molar-refractivity contribution in [2.75, 3.05) is 54.6 Å². The quantitative estimate of drug-likeness (QED) is 0.850. The van der Waals surface area contributed by atoms with Crippen molar-refractivity contribution < 1.29 is 4.74 Å². The second-order valence-corrected chi connectivity index (χ2v) is 5.50. The Bertz CT molecular complexity index is 634. The zero-order valence-corrected chi connectivity index (χ0v) is 12.8. The summed E-state index contributed by atoms with van der Waals surface area (Å²) in [6, 6.07) is 13.9. The van der Waals surface area contributed by atoms with Gasteiger partial charge in [-0.2, -0.15) is 0 Å². The number of hydrogen-bond donors (Lipinski definition) is 2. The van der Waals surface area contributed by atoms with E-state index in [1.54, 1.807) is 7.11 Å². The van der Waals surface area contributed by atoms with Crippen LogP contribution in [0.5, 0.6) is 5.75 Å². The molecule has 1 saturated heterocycles. The molecule has 4 N–H and O–H groups in total. The van der Waals surface area contributed by atoms with Crippen LogP contribution < -0.4 is 26.0 Å². The van der Waals surface area contributed by atoms with Crippen molar-refractivity contribution in [2.24, 2.45) is 0 Å². The zero-order chi connectivity index (χ0) is 15.5. The van der Waals surface area contributed by atoms with Crippen molar-refractivity contribution in [3.05, 3.63) is 42.5 Å². The maximum absolute atomic E-state index is 5.83. The van der Waals surface area contributed by atoms with Gasteiger partial charge in [-0.15, -0.1) is 0 Å². The largest absolute Gasteiger partial charge is 0.495 e. The van der Waals surface area contributed by atoms with E-state index < -0.39 is 0 Å². The van der Waals surface area contributed by atoms with E-state index in [-0.39, 0.29) is 0 Å². The molecule has 22 heavy (non-hydrogen) atoms. The first-order valence-corrected chi connectivity index (χ1v) is 7.46. The third-order valence-electron chi connectivity index (χ3n) is 4.08. The van der Waals surface area contributed by atoms with Gasteiger partial charge in [-0.1, -0.05) is 0 Å². The van der Waals surface area contributed by atoms with Gasteiger partial charge >= 0.3 is 0 Å². The van der Waals surface area contributed by atoms with Crippen LogP contribution in [0.2, 0.25) is 0 Å². The predicted molar refractivity (Wildman–Crippen MR) is 92.7 cm³/mol. The van der Waals surface area contributed by atoms with Gasteiger partial charge in [-0.25, -0.2) is 0 Å². The first-order chi connectivity index (χ1) is 10.7. The maximum atomic E-state index is 5.83. The lowest BCUT2D eigenvalue weighted by molar-refractivity contribution is 0.414. The van der Waals surface area contributed by atoms with Gasteiger partial charge in [0.15, 0.2) is 0 Å². The number of ether oxygens (including phenoxy) is 1. The highest BCUT2D eigenvalue weighted by Crippen LogP contribution is 2.31. The van der Waals surface area contributed by atoms with Crippen LogP contribution >= 0.6 is 0 Å². The van der Waals surface area contributed by atoms with Crippen LogP contribution in [0, 0.1) is 0 Å². The molecule has 116 valence electrons. The van der Waals surface area contributed by atoms with Gasteiger partial charge in [0, 0.05) is 49.3 Å². The van der Waals surface area contributed by atoms with Crippen LogP contribution in [0.3, 0.4) is 0 Å². The third kappa shape index (κ3) is 2.88. The maximum Gasteiger partial charge on any atom is 0.144 e. The number of nitrogens with zero attached hydrogens (tertiary/aromatic N) is 2. The molecule has 1 heterocycles. The average Bonchev–Trinajstić information content (AvgIpc) is 2.56. The molecular weight excluding hydrogens is 276 g/mol. The molecule has 0 atom stereocenters. The summed E-state index contributed by atoms with van der Waals surface area (Å²) >= 11 is 0. The Morgan fingerprint density at radius 3 is 2.05 bits per heavy atom. The normalized spacial score (nSPS) is 15.0. The molecule has 2 aromatic rings. The number of nitrogen functional groups attached to an aromatic ring is 2. The van der Waals surface area contributed by atoms with Crippen molar-refractivity contribution >= 4 is 22.7 Å². The van der Waals surface area contributed by atoms with Crippen molar-refractivity contribution in [2.45, 2.75) is 0 Å². The molecule has 1 aliphatic rings. The second-order valence-electron chi connectivity index (χ2n) is 5.50. The lowest BCUT2D eigenvalue weighted by atomic mass is 10.2. The molecular formula is C17H22N4O. The minimum Gasteiger partial charge on any atom is -0.495 e. The Hall–Kier alpha value is -2.56. The fraction of sp³-hybridized carbons (Fsp3) is 0.294. The molecule has 0 bridgehead atoms. The number of anilines is 4. The Morgan fingerprint density at radius 2 is 1.41 bits per heavy atom. The summed E-state index contributed by atoms with van der Waals surface area (Å²) in [5.41, 5.74) is 15.4. The average molecular weight is 298 g/mol. The van der Waals surface area contributed by atoms with Crippen molar-refractivity contribution in [1.29, 1.82) is 0 Å². The highest BCUT2D eigenvalue weighted by Gasteiger charge is 2.20. The first-order valence-electron chi connectivity index (χ1n) is 7.46. The molecule has 0 radical (unpaired) electrons. The van der Waals surface area contributed by atoms with E-state index in [1.165, 1.54) is 5.69 Å². The number of nitrogens with two attached hydrogens (primary N) is 2. The predicted octanol–water partition coefficient (Wildman–Crippen LogP) is 2.19. The van der Waals surface area contributed by atoms with Crippen molar-refractivity contribution in [3.8, 4) is 5.75 Å². The molecule has 0 amide bonds. The molecule has 0 saturated carbocycles. The Balaban J connectivity index is 1.70. The second kappa shape index (κ2) is 6.05. The minimum atomic E-state index is 0.723. The van der Waals surface area contributed by atoms with Crippen LogP contribution in [-0.4, -0.2) is 33.3 Å². The summed E-state index contributed by atoms with van der Waals surface area (Å²) in [6.45, 7) is 3.84. The molecule has 0 aromatic heterocycles. The van der Waals surface area contributed by atoms with Crippen LogP contribution in [0.25, 0.3) is 0 Å². The Labute approximate surface area is 131 Å². The van der Waals surface area contributed by atoms with E-state index in [1.807, 2.05) is 30.3 Å². The highest BCUT2D eigenvalue weighted by molar-refractivity contribution is 5.65. The summed E-state index contributed by atoms with van der Waals surface area (Å²) in [5.74, 6) is 0.834. The standard InChI is InChI=1S/C17H22N4O/c1-22-17-12-14(19)4-7-16(17)21-10-8-20(9-11-21)15-5-2-13(18)3-6-15/h2-7,12H,8-11,18-19H2,1H3. The van der Waals surface area contributed by atoms with E-state index >= 15 is 0 Å². The van der Waals surface area contributed by atoms with Crippen LogP contribution in [0.15, 0.2) is 42.5 Å². The fourth-order valence-electron chi connectivity index (χ4n) is 2.85. The van der Waals surface area contributed by atoms with Gasteiger partial charge in [-0.3, -0.25) is 0 Å². The molecule has 2 aromatic carbocycles. The number of rotatable bonds is 3. The summed E-state index contributed by atoms with van der Waals surface area (Å²) in [4.78, 5) is 4.71. The van der Waals surface area contributed by atoms with Crippen molar-refractivity contribution in [3.63, 3.8) is 0 Å². The van der Waals surface area contributed by atoms with Crippen LogP contribution in [-0.2, 0) is 0 Å². The summed E-state index contributed by atoms with van der Waals surface area (Å²) in [6.07, 6.45) is 0. The number of benzene rings is 2. The molecule has 1 fully saturated rings. The number of piperazine rings is 1. The SMILES string of the molecule is COc1cc(N)ccc1N1CCN(c2ccc(N)cc2)CC1. The highest BCUT2D eigenvalue weighted by atomic mass is 16.5. The van der Waals surface area contributed by atoms with Gasteiger partial charge < -0.3 is 26.0 Å². The van der Waals surface area contributed by atoms with Crippen LogP contribution in [0.4, 0.5) is 22.7 Å². The van der Waals surface area contributed by atoms with E-state index in [0.717, 1.165) is 49.0 Å². The number of methoxy groups -OCH3 is 1. The van der Waals surface area contributed by atoms with E-state index in [2.05, 4.69) is 21.9 Å². The van der Waals surface area contributed by atoms with E-state index in [0.29, 0.717) is 0 Å². The van der Waals surface area contributed by atoms with Gasteiger partial charge in [-0.05, 0) is 36.4 Å².